The van der Waals surface area contributed by atoms with Gasteiger partial charge >= 0.3 is 5.97 Å². The monoisotopic (exact) mass is 739 g/mol. The molecule has 3 nitrogen and oxygen atoms in total. The second kappa shape index (κ2) is 29.4. The van der Waals surface area contributed by atoms with Crippen molar-refractivity contribution in [2.45, 2.75) is 200 Å². The minimum atomic E-state index is -0.331. The van der Waals surface area contributed by atoms with Crippen LogP contribution in [-0.4, -0.2) is 12.6 Å². The maximum atomic E-state index is 13.1. The molecule has 0 aliphatic carbocycles. The summed E-state index contributed by atoms with van der Waals surface area (Å²) in [6, 6.07) is 24.6. The highest BCUT2D eigenvalue weighted by Crippen LogP contribution is 2.35. The van der Waals surface area contributed by atoms with Crippen molar-refractivity contribution < 1.29 is 14.3 Å². The summed E-state index contributed by atoms with van der Waals surface area (Å²) in [6.07, 6.45) is 33.6. The molecule has 3 rings (SSSR count). The highest BCUT2D eigenvalue weighted by molar-refractivity contribution is 5.91. The Morgan fingerprint density at radius 3 is 1.56 bits per heavy atom. The zero-order valence-corrected chi connectivity index (χ0v) is 35.2. The molecule has 54 heavy (non-hydrogen) atoms. The Hall–Kier alpha value is -2.91. The van der Waals surface area contributed by atoms with Crippen molar-refractivity contribution in [3.05, 3.63) is 89.5 Å². The predicted octanol–water partition coefficient (Wildman–Crippen LogP) is 16.5. The average molecular weight is 739 g/mol. The van der Waals surface area contributed by atoms with E-state index in [1.54, 1.807) is 0 Å². The fourth-order valence-electron chi connectivity index (χ4n) is 7.86. The van der Waals surface area contributed by atoms with Gasteiger partial charge in [0.05, 0.1) is 11.7 Å². The molecule has 0 radical (unpaired) electrons. The molecule has 300 valence electrons. The Balaban J connectivity index is 1.33. The summed E-state index contributed by atoms with van der Waals surface area (Å²) in [6.45, 7) is 9.75. The molecule has 0 spiro atoms. The first kappa shape index (κ1) is 45.5. The van der Waals surface area contributed by atoms with E-state index >= 15 is 0 Å². The standard InChI is InChI=1S/C51H78O3/c1-5-8-10-12-14-15-16-17-18-19-20-21-22-23-25-29-42-53-43(4)44-38-40-48(41-39-44)54-51(52)47-36-34-46(35-37-47)50-33-28-27-32-49(50)45(30-7-3)31-26-24-13-11-9-6-2/h27-28,32-41,43,45H,5-26,29-31,42H2,1-4H3. The topological polar surface area (TPSA) is 35.5 Å². The Bertz CT molecular complexity index is 1340. The number of ether oxygens (including phenoxy) is 2. The number of carbonyl (C=O) groups is 1. The lowest BCUT2D eigenvalue weighted by Gasteiger charge is -2.21. The summed E-state index contributed by atoms with van der Waals surface area (Å²) in [5.41, 5.74) is 5.54. The van der Waals surface area contributed by atoms with Crippen molar-refractivity contribution in [2.75, 3.05) is 6.61 Å². The lowest BCUT2D eigenvalue weighted by atomic mass is 9.84. The molecule has 0 aliphatic heterocycles. The third-order valence-electron chi connectivity index (χ3n) is 11.3. The van der Waals surface area contributed by atoms with E-state index in [4.69, 9.17) is 9.47 Å². The first-order valence-electron chi connectivity index (χ1n) is 22.7. The fourth-order valence-corrected chi connectivity index (χ4v) is 7.86. The van der Waals surface area contributed by atoms with Crippen LogP contribution in [0.3, 0.4) is 0 Å². The molecule has 0 fully saturated rings. The molecule has 0 amide bonds. The normalized spacial score (nSPS) is 12.5. The van der Waals surface area contributed by atoms with E-state index < -0.39 is 0 Å². The molecule has 3 aromatic carbocycles. The molecule has 0 aliphatic rings. The summed E-state index contributed by atoms with van der Waals surface area (Å²) in [4.78, 5) is 13.1. The molecular formula is C51H78O3. The van der Waals surface area contributed by atoms with Gasteiger partial charge in [0.25, 0.3) is 0 Å². The van der Waals surface area contributed by atoms with Crippen molar-refractivity contribution in [1.29, 1.82) is 0 Å². The van der Waals surface area contributed by atoms with Crippen molar-refractivity contribution in [2.24, 2.45) is 0 Å². The van der Waals surface area contributed by atoms with Gasteiger partial charge < -0.3 is 9.47 Å². The highest BCUT2D eigenvalue weighted by atomic mass is 16.5. The van der Waals surface area contributed by atoms with Gasteiger partial charge in [-0.2, -0.15) is 0 Å². The number of hydrogen-bond donors (Lipinski definition) is 0. The van der Waals surface area contributed by atoms with Gasteiger partial charge in [0, 0.05) is 6.61 Å². The molecule has 3 aromatic rings. The average Bonchev–Trinajstić information content (AvgIpc) is 3.20. The summed E-state index contributed by atoms with van der Waals surface area (Å²) < 4.78 is 11.9. The summed E-state index contributed by atoms with van der Waals surface area (Å²) >= 11 is 0. The molecule has 0 bridgehead atoms. The van der Waals surface area contributed by atoms with Crippen LogP contribution in [0.4, 0.5) is 0 Å². The largest absolute Gasteiger partial charge is 0.423 e. The van der Waals surface area contributed by atoms with Gasteiger partial charge in [-0.25, -0.2) is 4.79 Å². The highest BCUT2D eigenvalue weighted by Gasteiger charge is 2.17. The van der Waals surface area contributed by atoms with Gasteiger partial charge in [-0.15, -0.1) is 0 Å². The molecule has 2 unspecified atom stereocenters. The van der Waals surface area contributed by atoms with Gasteiger partial charge in [0.1, 0.15) is 5.75 Å². The lowest BCUT2D eigenvalue weighted by Crippen LogP contribution is -2.08. The van der Waals surface area contributed by atoms with Crippen LogP contribution in [0.25, 0.3) is 11.1 Å². The summed E-state index contributed by atoms with van der Waals surface area (Å²) in [5.74, 6) is 0.791. The van der Waals surface area contributed by atoms with Gasteiger partial charge in [-0.05, 0) is 78.6 Å². The smallest absolute Gasteiger partial charge is 0.343 e. The Morgan fingerprint density at radius 2 is 1.02 bits per heavy atom. The van der Waals surface area contributed by atoms with E-state index in [1.165, 1.54) is 165 Å². The zero-order valence-electron chi connectivity index (χ0n) is 35.2. The molecule has 0 heterocycles. The van der Waals surface area contributed by atoms with Crippen LogP contribution in [0.1, 0.15) is 222 Å². The van der Waals surface area contributed by atoms with Crippen molar-refractivity contribution in [3.63, 3.8) is 0 Å². The Morgan fingerprint density at radius 1 is 0.519 bits per heavy atom. The Labute approximate surface area is 332 Å². The predicted molar refractivity (Wildman–Crippen MR) is 233 cm³/mol. The Kier molecular flexibility index (Phi) is 24.8. The van der Waals surface area contributed by atoms with Crippen LogP contribution in [0.15, 0.2) is 72.8 Å². The molecule has 0 saturated carbocycles. The van der Waals surface area contributed by atoms with Gasteiger partial charge in [0.2, 0.25) is 0 Å². The van der Waals surface area contributed by atoms with E-state index in [0.717, 1.165) is 24.2 Å². The molecule has 2 atom stereocenters. The van der Waals surface area contributed by atoms with Crippen LogP contribution in [0.2, 0.25) is 0 Å². The number of rotatable bonds is 32. The maximum absolute atomic E-state index is 13.1. The van der Waals surface area contributed by atoms with Gasteiger partial charge in [-0.1, -0.05) is 211 Å². The van der Waals surface area contributed by atoms with Crippen molar-refractivity contribution in [1.82, 2.24) is 0 Å². The number of hydrogen-bond acceptors (Lipinski definition) is 3. The van der Waals surface area contributed by atoms with Crippen molar-refractivity contribution >= 4 is 5.97 Å². The zero-order chi connectivity index (χ0) is 38.5. The van der Waals surface area contributed by atoms with Gasteiger partial charge in [-0.3, -0.25) is 0 Å². The quantitative estimate of drug-likeness (QED) is 0.0363. The van der Waals surface area contributed by atoms with Crippen LogP contribution >= 0.6 is 0 Å². The number of esters is 1. The number of unbranched alkanes of at least 4 members (excludes halogenated alkanes) is 20. The molecule has 3 heteroatoms. The van der Waals surface area contributed by atoms with Crippen LogP contribution in [-0.2, 0) is 4.74 Å². The minimum absolute atomic E-state index is 0.0178. The lowest BCUT2D eigenvalue weighted by molar-refractivity contribution is 0.0627. The second-order valence-electron chi connectivity index (χ2n) is 16.0. The first-order chi connectivity index (χ1) is 26.6. The second-order valence-corrected chi connectivity index (χ2v) is 16.0. The summed E-state index contributed by atoms with van der Waals surface area (Å²) in [7, 11) is 0. The van der Waals surface area contributed by atoms with E-state index in [1.807, 2.05) is 36.4 Å². The number of carbonyl (C=O) groups excluding carboxylic acids is 1. The summed E-state index contributed by atoms with van der Waals surface area (Å²) in [5, 5.41) is 0. The van der Waals surface area contributed by atoms with E-state index in [2.05, 4.69) is 64.1 Å². The minimum Gasteiger partial charge on any atom is -0.423 e. The molecular weight excluding hydrogens is 661 g/mol. The fraction of sp³-hybridized carbons (Fsp3) is 0.627. The van der Waals surface area contributed by atoms with Crippen LogP contribution < -0.4 is 4.74 Å². The van der Waals surface area contributed by atoms with E-state index in [-0.39, 0.29) is 12.1 Å². The molecule has 0 aromatic heterocycles. The third-order valence-corrected chi connectivity index (χ3v) is 11.3. The van der Waals surface area contributed by atoms with Crippen LogP contribution in [0, 0.1) is 0 Å². The SMILES string of the molecule is CCCCCCCCCCCCCCCCCCOC(C)c1ccc(OC(=O)c2ccc(-c3ccccc3C(CCC)CCCCCCCC)cc2)cc1. The molecule has 0 N–H and O–H groups in total. The van der Waals surface area contributed by atoms with Crippen molar-refractivity contribution in [3.8, 4) is 16.9 Å². The molecule has 0 saturated heterocycles. The third kappa shape index (κ3) is 18.6. The first-order valence-corrected chi connectivity index (χ1v) is 22.7. The van der Waals surface area contributed by atoms with E-state index in [0.29, 0.717) is 17.2 Å². The van der Waals surface area contributed by atoms with Crippen LogP contribution in [0.5, 0.6) is 5.75 Å². The van der Waals surface area contributed by atoms with E-state index in [9.17, 15) is 4.79 Å². The maximum Gasteiger partial charge on any atom is 0.343 e. The van der Waals surface area contributed by atoms with Gasteiger partial charge in [0.15, 0.2) is 0 Å². The number of benzene rings is 3.